The van der Waals surface area contributed by atoms with Crippen LogP contribution in [0.1, 0.15) is 11.1 Å². The molecule has 0 unspecified atom stereocenters. The predicted octanol–water partition coefficient (Wildman–Crippen LogP) is 1.85. The van der Waals surface area contributed by atoms with Crippen molar-refractivity contribution in [3.8, 4) is 0 Å². The van der Waals surface area contributed by atoms with E-state index >= 15 is 0 Å². The fraction of sp³-hybridized carbons (Fsp3) is 0.357. The smallest absolute Gasteiger partial charge is 0.244 e. The Morgan fingerprint density at radius 3 is 2.70 bits per heavy atom. The Balaban J connectivity index is 1.89. The zero-order valence-corrected chi connectivity index (χ0v) is 11.8. The van der Waals surface area contributed by atoms with Crippen LogP contribution in [0.2, 0.25) is 0 Å². The fourth-order valence-electron chi connectivity index (χ4n) is 1.63. The van der Waals surface area contributed by atoms with Crippen LogP contribution in [0, 0.1) is 6.92 Å². The number of hydrogen-bond donors (Lipinski definition) is 2. The van der Waals surface area contributed by atoms with E-state index in [2.05, 4.69) is 57.0 Å². The first-order chi connectivity index (χ1) is 9.78. The largest absolute Gasteiger partial charge is 0.383 e. The summed E-state index contributed by atoms with van der Waals surface area (Å²) in [7, 11) is 1.66. The standard InChI is InChI=1S/C14H19N5O/c1-11-3-5-12(6-4-11)9-16-14-18-13(10-17-19-14)15-7-8-20-2/h3-6,10H,7-9H2,1-2H3,(H2,15,16,18,19). The van der Waals surface area contributed by atoms with Gasteiger partial charge in [0.1, 0.15) is 0 Å². The third-order valence-corrected chi connectivity index (χ3v) is 2.74. The van der Waals surface area contributed by atoms with E-state index in [0.29, 0.717) is 31.5 Å². The van der Waals surface area contributed by atoms with Gasteiger partial charge in [-0.2, -0.15) is 10.1 Å². The summed E-state index contributed by atoms with van der Waals surface area (Å²) < 4.78 is 4.97. The molecule has 0 atom stereocenters. The Bertz CT molecular complexity index is 529. The van der Waals surface area contributed by atoms with Gasteiger partial charge in [0.2, 0.25) is 5.95 Å². The minimum Gasteiger partial charge on any atom is -0.383 e. The van der Waals surface area contributed by atoms with E-state index in [-0.39, 0.29) is 0 Å². The number of hydrogen-bond acceptors (Lipinski definition) is 6. The van der Waals surface area contributed by atoms with Crippen LogP contribution in [0.15, 0.2) is 30.5 Å². The van der Waals surface area contributed by atoms with Gasteiger partial charge < -0.3 is 15.4 Å². The molecule has 106 valence electrons. The van der Waals surface area contributed by atoms with Crippen molar-refractivity contribution in [1.82, 2.24) is 15.2 Å². The second-order valence-corrected chi connectivity index (χ2v) is 4.42. The second kappa shape index (κ2) is 7.40. The molecule has 0 aliphatic rings. The van der Waals surface area contributed by atoms with Crippen molar-refractivity contribution in [3.63, 3.8) is 0 Å². The van der Waals surface area contributed by atoms with Gasteiger partial charge in [0.15, 0.2) is 5.82 Å². The molecule has 0 saturated heterocycles. The Labute approximate surface area is 118 Å². The van der Waals surface area contributed by atoms with E-state index in [1.54, 1.807) is 13.3 Å². The highest BCUT2D eigenvalue weighted by atomic mass is 16.5. The maximum atomic E-state index is 4.97. The summed E-state index contributed by atoms with van der Waals surface area (Å²) in [5.74, 6) is 1.19. The molecule has 2 aromatic rings. The molecule has 6 heteroatoms. The van der Waals surface area contributed by atoms with E-state index in [9.17, 15) is 0 Å². The number of nitrogens with one attached hydrogen (secondary N) is 2. The molecule has 2 N–H and O–H groups in total. The molecule has 20 heavy (non-hydrogen) atoms. The third kappa shape index (κ3) is 4.47. The number of ether oxygens (including phenoxy) is 1. The Kier molecular flexibility index (Phi) is 5.25. The van der Waals surface area contributed by atoms with Crippen molar-refractivity contribution in [1.29, 1.82) is 0 Å². The average molecular weight is 273 g/mol. The molecule has 0 aliphatic carbocycles. The Morgan fingerprint density at radius 2 is 1.95 bits per heavy atom. The van der Waals surface area contributed by atoms with Crippen molar-refractivity contribution < 1.29 is 4.74 Å². The molecular formula is C14H19N5O. The van der Waals surface area contributed by atoms with E-state index in [1.165, 1.54) is 11.1 Å². The third-order valence-electron chi connectivity index (χ3n) is 2.74. The van der Waals surface area contributed by atoms with Crippen molar-refractivity contribution in [3.05, 3.63) is 41.6 Å². The lowest BCUT2D eigenvalue weighted by Gasteiger charge is -2.07. The number of nitrogens with zero attached hydrogens (tertiary/aromatic N) is 3. The van der Waals surface area contributed by atoms with Gasteiger partial charge in [-0.05, 0) is 12.5 Å². The van der Waals surface area contributed by atoms with Crippen LogP contribution < -0.4 is 10.6 Å². The summed E-state index contributed by atoms with van der Waals surface area (Å²) in [4.78, 5) is 4.33. The van der Waals surface area contributed by atoms with Crippen LogP contribution in [0.5, 0.6) is 0 Å². The van der Waals surface area contributed by atoms with Gasteiger partial charge in [0.05, 0.1) is 12.8 Å². The van der Waals surface area contributed by atoms with Gasteiger partial charge >= 0.3 is 0 Å². The number of anilines is 2. The molecule has 1 heterocycles. The van der Waals surface area contributed by atoms with Gasteiger partial charge in [-0.15, -0.1) is 5.10 Å². The molecular weight excluding hydrogens is 254 g/mol. The number of methoxy groups -OCH3 is 1. The number of aryl methyl sites for hydroxylation is 1. The molecule has 2 rings (SSSR count). The molecule has 0 aliphatic heterocycles. The summed E-state index contributed by atoms with van der Waals surface area (Å²) in [5.41, 5.74) is 2.42. The number of aromatic nitrogens is 3. The van der Waals surface area contributed by atoms with Crippen molar-refractivity contribution in [2.45, 2.75) is 13.5 Å². The zero-order chi connectivity index (χ0) is 14.2. The summed E-state index contributed by atoms with van der Waals surface area (Å²) in [6.45, 7) is 4.05. The summed E-state index contributed by atoms with van der Waals surface area (Å²) in [6, 6.07) is 8.32. The zero-order valence-electron chi connectivity index (χ0n) is 11.8. The quantitative estimate of drug-likeness (QED) is 0.750. The highest BCUT2D eigenvalue weighted by Crippen LogP contribution is 2.07. The minimum atomic E-state index is 0.507. The van der Waals surface area contributed by atoms with Crippen LogP contribution >= 0.6 is 0 Å². The molecule has 0 amide bonds. The summed E-state index contributed by atoms with van der Waals surface area (Å²) >= 11 is 0. The van der Waals surface area contributed by atoms with Gasteiger partial charge in [-0.3, -0.25) is 0 Å². The van der Waals surface area contributed by atoms with Crippen LogP contribution in [0.3, 0.4) is 0 Å². The maximum absolute atomic E-state index is 4.97. The molecule has 0 bridgehead atoms. The van der Waals surface area contributed by atoms with Gasteiger partial charge in [0.25, 0.3) is 0 Å². The summed E-state index contributed by atoms with van der Waals surface area (Å²) in [5, 5.41) is 14.1. The highest BCUT2D eigenvalue weighted by molar-refractivity contribution is 5.37. The van der Waals surface area contributed by atoms with Gasteiger partial charge in [-0.25, -0.2) is 0 Å². The summed E-state index contributed by atoms with van der Waals surface area (Å²) in [6.07, 6.45) is 1.59. The lowest BCUT2D eigenvalue weighted by molar-refractivity contribution is 0.210. The Morgan fingerprint density at radius 1 is 1.15 bits per heavy atom. The molecule has 0 spiro atoms. The first kappa shape index (κ1) is 14.2. The van der Waals surface area contributed by atoms with Gasteiger partial charge in [0, 0.05) is 20.2 Å². The first-order valence-corrected chi connectivity index (χ1v) is 6.50. The average Bonchev–Trinajstić information content (AvgIpc) is 2.47. The molecule has 6 nitrogen and oxygen atoms in total. The van der Waals surface area contributed by atoms with Crippen LogP contribution in [0.4, 0.5) is 11.8 Å². The van der Waals surface area contributed by atoms with Crippen LogP contribution in [0.25, 0.3) is 0 Å². The molecule has 0 saturated carbocycles. The fourth-order valence-corrected chi connectivity index (χ4v) is 1.63. The Hall–Kier alpha value is -2.21. The molecule has 0 radical (unpaired) electrons. The predicted molar refractivity (Wildman–Crippen MR) is 78.7 cm³/mol. The SMILES string of the molecule is COCCNc1cnnc(NCc2ccc(C)cc2)n1. The topological polar surface area (TPSA) is 72.0 Å². The van der Waals surface area contributed by atoms with Crippen molar-refractivity contribution in [2.24, 2.45) is 0 Å². The lowest BCUT2D eigenvalue weighted by Crippen LogP contribution is -2.11. The van der Waals surface area contributed by atoms with Crippen molar-refractivity contribution in [2.75, 3.05) is 30.9 Å². The number of benzene rings is 1. The van der Waals surface area contributed by atoms with E-state index in [1.807, 2.05) is 0 Å². The van der Waals surface area contributed by atoms with Gasteiger partial charge in [-0.1, -0.05) is 29.8 Å². The lowest BCUT2D eigenvalue weighted by atomic mass is 10.1. The van der Waals surface area contributed by atoms with E-state index in [4.69, 9.17) is 4.74 Å². The van der Waals surface area contributed by atoms with Crippen LogP contribution in [-0.2, 0) is 11.3 Å². The highest BCUT2D eigenvalue weighted by Gasteiger charge is 2.00. The molecule has 1 aromatic heterocycles. The monoisotopic (exact) mass is 273 g/mol. The van der Waals surface area contributed by atoms with E-state index < -0.39 is 0 Å². The van der Waals surface area contributed by atoms with E-state index in [0.717, 1.165) is 0 Å². The normalized spacial score (nSPS) is 10.3. The second-order valence-electron chi connectivity index (χ2n) is 4.42. The first-order valence-electron chi connectivity index (χ1n) is 6.50. The number of rotatable bonds is 7. The molecule has 0 fully saturated rings. The maximum Gasteiger partial charge on any atom is 0.244 e. The van der Waals surface area contributed by atoms with Crippen molar-refractivity contribution >= 4 is 11.8 Å². The minimum absolute atomic E-state index is 0.507. The molecule has 1 aromatic carbocycles. The van der Waals surface area contributed by atoms with Crippen LogP contribution in [-0.4, -0.2) is 35.4 Å².